The molecule has 3 heterocycles. The summed E-state index contributed by atoms with van der Waals surface area (Å²) in [5.41, 5.74) is 11.6. The zero-order valence-electron chi connectivity index (χ0n) is 10.7. The second-order valence-corrected chi connectivity index (χ2v) is 5.76. The zero-order chi connectivity index (χ0) is 13.5. The lowest BCUT2D eigenvalue weighted by atomic mass is 10.0. The number of nitrogens with two attached hydrogens (primary N) is 1. The maximum Gasteiger partial charge on any atom is 0.154 e. The lowest BCUT2D eigenvalue weighted by molar-refractivity contribution is 0.134. The molecule has 100 valence electrons. The van der Waals surface area contributed by atoms with Crippen LogP contribution in [0.3, 0.4) is 0 Å². The molecule has 0 saturated heterocycles. The number of nitrogens with zero attached hydrogens (tertiary/aromatic N) is 1. The van der Waals surface area contributed by atoms with Gasteiger partial charge < -0.3 is 10.5 Å². The summed E-state index contributed by atoms with van der Waals surface area (Å²) in [4.78, 5) is 1.13. The summed E-state index contributed by atoms with van der Waals surface area (Å²) in [6.07, 6.45) is 0. The summed E-state index contributed by atoms with van der Waals surface area (Å²) in [5, 5.41) is 9.28. The summed E-state index contributed by atoms with van der Waals surface area (Å²) in [6, 6.07) is 10.5. The van der Waals surface area contributed by atoms with E-state index in [0.29, 0.717) is 19.0 Å². The first-order valence-corrected chi connectivity index (χ1v) is 7.28. The Morgan fingerprint density at radius 1 is 1.20 bits per heavy atom. The standard InChI is InChI=1S/C15H13N3OS/c16-15-13(12-2-1-5-20-12)14(17-18-15)9-3-4-10-7-19-8-11(10)6-9/h1-6H,7-8H2,(H3,16,17,18). The van der Waals surface area contributed by atoms with E-state index in [1.54, 1.807) is 11.3 Å². The molecular formula is C15H13N3OS. The molecule has 20 heavy (non-hydrogen) atoms. The first-order chi connectivity index (χ1) is 9.83. The minimum absolute atomic E-state index is 0.541. The summed E-state index contributed by atoms with van der Waals surface area (Å²) in [7, 11) is 0. The van der Waals surface area contributed by atoms with Gasteiger partial charge in [-0.2, -0.15) is 5.10 Å². The smallest absolute Gasteiger partial charge is 0.154 e. The summed E-state index contributed by atoms with van der Waals surface area (Å²) in [5.74, 6) is 0.541. The fraction of sp³-hybridized carbons (Fsp3) is 0.133. The van der Waals surface area contributed by atoms with Gasteiger partial charge in [0.1, 0.15) is 0 Å². The third kappa shape index (κ3) is 1.75. The largest absolute Gasteiger partial charge is 0.382 e. The maximum atomic E-state index is 6.02. The highest BCUT2D eigenvalue weighted by Crippen LogP contribution is 2.38. The molecule has 0 aliphatic carbocycles. The van der Waals surface area contributed by atoms with Gasteiger partial charge in [-0.1, -0.05) is 18.2 Å². The topological polar surface area (TPSA) is 63.9 Å². The molecule has 5 heteroatoms. The lowest BCUT2D eigenvalue weighted by Gasteiger charge is -2.04. The average Bonchev–Trinajstić information content (AvgIpc) is 3.17. The van der Waals surface area contributed by atoms with Gasteiger partial charge in [0.25, 0.3) is 0 Å². The normalized spacial score (nSPS) is 13.6. The molecule has 0 amide bonds. The molecule has 0 atom stereocenters. The number of hydrogen-bond donors (Lipinski definition) is 2. The molecule has 0 unspecified atom stereocenters. The molecule has 1 aromatic carbocycles. The van der Waals surface area contributed by atoms with Crippen LogP contribution in [0.15, 0.2) is 35.7 Å². The monoisotopic (exact) mass is 283 g/mol. The van der Waals surface area contributed by atoms with E-state index >= 15 is 0 Å². The van der Waals surface area contributed by atoms with Crippen LogP contribution in [0.5, 0.6) is 0 Å². The van der Waals surface area contributed by atoms with Gasteiger partial charge in [0.15, 0.2) is 5.82 Å². The zero-order valence-corrected chi connectivity index (χ0v) is 11.5. The van der Waals surface area contributed by atoms with E-state index in [2.05, 4.69) is 34.5 Å². The molecule has 0 bridgehead atoms. The summed E-state index contributed by atoms with van der Waals surface area (Å²) in [6.45, 7) is 1.39. The fourth-order valence-electron chi connectivity index (χ4n) is 2.56. The number of nitrogens with one attached hydrogen (secondary N) is 1. The third-order valence-corrected chi connectivity index (χ3v) is 4.46. The van der Waals surface area contributed by atoms with E-state index < -0.39 is 0 Å². The van der Waals surface area contributed by atoms with Crippen LogP contribution in [-0.4, -0.2) is 10.2 Å². The predicted molar refractivity (Wildman–Crippen MR) is 80.2 cm³/mol. The highest BCUT2D eigenvalue weighted by atomic mass is 32.1. The summed E-state index contributed by atoms with van der Waals surface area (Å²) >= 11 is 1.66. The van der Waals surface area contributed by atoms with Crippen LogP contribution in [-0.2, 0) is 18.0 Å². The van der Waals surface area contributed by atoms with E-state index in [1.807, 2.05) is 11.4 Å². The Bertz CT molecular complexity index is 762. The van der Waals surface area contributed by atoms with E-state index in [4.69, 9.17) is 10.5 Å². The van der Waals surface area contributed by atoms with Gasteiger partial charge in [0.2, 0.25) is 0 Å². The Labute approximate surface area is 120 Å². The molecule has 4 rings (SSSR count). The molecule has 0 spiro atoms. The number of H-pyrrole nitrogens is 1. The molecule has 3 N–H and O–H groups in total. The van der Waals surface area contributed by atoms with Crippen LogP contribution in [0.1, 0.15) is 11.1 Å². The Morgan fingerprint density at radius 2 is 2.10 bits per heavy atom. The van der Waals surface area contributed by atoms with Crippen LogP contribution in [0, 0.1) is 0 Å². The van der Waals surface area contributed by atoms with E-state index in [1.165, 1.54) is 11.1 Å². The number of nitrogen functional groups attached to an aromatic ring is 1. The minimum atomic E-state index is 0.541. The quantitative estimate of drug-likeness (QED) is 0.757. The number of rotatable bonds is 2. The van der Waals surface area contributed by atoms with Crippen molar-refractivity contribution in [1.29, 1.82) is 0 Å². The Hall–Kier alpha value is -2.11. The highest BCUT2D eigenvalue weighted by molar-refractivity contribution is 7.13. The molecule has 3 aromatic rings. The van der Waals surface area contributed by atoms with Crippen molar-refractivity contribution in [1.82, 2.24) is 10.2 Å². The van der Waals surface area contributed by atoms with Crippen LogP contribution < -0.4 is 5.73 Å². The van der Waals surface area contributed by atoms with Crippen LogP contribution >= 0.6 is 11.3 Å². The fourth-order valence-corrected chi connectivity index (χ4v) is 3.35. The molecular weight excluding hydrogens is 270 g/mol. The Morgan fingerprint density at radius 3 is 2.95 bits per heavy atom. The second-order valence-electron chi connectivity index (χ2n) is 4.81. The number of aromatic nitrogens is 2. The second kappa shape index (κ2) is 4.47. The number of aromatic amines is 1. The van der Waals surface area contributed by atoms with Gasteiger partial charge in [-0.15, -0.1) is 11.3 Å². The lowest BCUT2D eigenvalue weighted by Crippen LogP contribution is -1.88. The van der Waals surface area contributed by atoms with E-state index in [9.17, 15) is 0 Å². The predicted octanol–water partition coefficient (Wildman–Crippen LogP) is 3.42. The molecule has 0 radical (unpaired) electrons. The minimum Gasteiger partial charge on any atom is -0.382 e. The molecule has 2 aromatic heterocycles. The first-order valence-electron chi connectivity index (χ1n) is 6.40. The molecule has 1 aliphatic rings. The molecule has 4 nitrogen and oxygen atoms in total. The van der Waals surface area contributed by atoms with Crippen LogP contribution in [0.2, 0.25) is 0 Å². The van der Waals surface area contributed by atoms with Crippen molar-refractivity contribution in [2.24, 2.45) is 0 Å². The number of ether oxygens (including phenoxy) is 1. The van der Waals surface area contributed by atoms with Gasteiger partial charge >= 0.3 is 0 Å². The van der Waals surface area contributed by atoms with Gasteiger partial charge in [-0.05, 0) is 28.6 Å². The SMILES string of the molecule is Nc1n[nH]c(-c2ccc3c(c2)COC3)c1-c1cccs1. The average molecular weight is 283 g/mol. The van der Waals surface area contributed by atoms with Crippen molar-refractivity contribution >= 4 is 17.2 Å². The van der Waals surface area contributed by atoms with E-state index in [-0.39, 0.29) is 0 Å². The van der Waals surface area contributed by atoms with Gasteiger partial charge in [-0.3, -0.25) is 5.10 Å². The number of fused-ring (bicyclic) bond motifs is 1. The Balaban J connectivity index is 1.87. The van der Waals surface area contributed by atoms with Crippen molar-refractivity contribution < 1.29 is 4.74 Å². The first kappa shape index (κ1) is 11.7. The third-order valence-electron chi connectivity index (χ3n) is 3.57. The van der Waals surface area contributed by atoms with Crippen LogP contribution in [0.25, 0.3) is 21.7 Å². The number of thiophene rings is 1. The van der Waals surface area contributed by atoms with Crippen molar-refractivity contribution in [3.8, 4) is 21.7 Å². The number of benzene rings is 1. The highest BCUT2D eigenvalue weighted by Gasteiger charge is 2.18. The van der Waals surface area contributed by atoms with Crippen molar-refractivity contribution in [2.45, 2.75) is 13.2 Å². The molecule has 1 aliphatic heterocycles. The van der Waals surface area contributed by atoms with Gasteiger partial charge in [-0.25, -0.2) is 0 Å². The van der Waals surface area contributed by atoms with Crippen molar-refractivity contribution in [2.75, 3.05) is 5.73 Å². The molecule has 0 fully saturated rings. The van der Waals surface area contributed by atoms with E-state index in [0.717, 1.165) is 21.7 Å². The maximum absolute atomic E-state index is 6.02. The Kier molecular flexibility index (Phi) is 2.61. The van der Waals surface area contributed by atoms with Gasteiger partial charge in [0, 0.05) is 10.4 Å². The summed E-state index contributed by atoms with van der Waals surface area (Å²) < 4.78 is 5.47. The van der Waals surface area contributed by atoms with Crippen molar-refractivity contribution in [3.63, 3.8) is 0 Å². The van der Waals surface area contributed by atoms with Crippen molar-refractivity contribution in [3.05, 3.63) is 46.8 Å². The number of anilines is 1. The number of hydrogen-bond acceptors (Lipinski definition) is 4. The molecule has 0 saturated carbocycles. The van der Waals surface area contributed by atoms with Gasteiger partial charge in [0.05, 0.1) is 24.5 Å². The van der Waals surface area contributed by atoms with Crippen LogP contribution in [0.4, 0.5) is 5.82 Å².